The van der Waals surface area contributed by atoms with Gasteiger partial charge in [-0.25, -0.2) is 0 Å². The molecule has 0 saturated carbocycles. The number of aryl methyl sites for hydroxylation is 1. The number of rotatable bonds is 6. The van der Waals surface area contributed by atoms with Crippen LogP contribution in [0.5, 0.6) is 5.75 Å². The lowest BCUT2D eigenvalue weighted by Crippen LogP contribution is -2.08. The fourth-order valence-corrected chi connectivity index (χ4v) is 2.25. The molecule has 1 aliphatic heterocycles. The molecule has 0 spiro atoms. The second-order valence-corrected chi connectivity index (χ2v) is 5.35. The number of hydrogen-bond donors (Lipinski definition) is 0. The third-order valence-corrected chi connectivity index (χ3v) is 3.63. The first kappa shape index (κ1) is 15.2. The Morgan fingerprint density at radius 1 is 1.35 bits per heavy atom. The molecule has 0 bridgehead atoms. The number of carbonyl (C=O) groups is 1. The van der Waals surface area contributed by atoms with Crippen LogP contribution in [0.1, 0.15) is 21.5 Å². The Bertz CT molecular complexity index is 767. The standard InChI is InChI=1S/C17H15NO5/c1-11-4-2-3-5-14(11)17(19)12-6-7-16(15(8-12)18(20)21)23-10-13-9-22-13/h2-8,13H,9-10H2,1H3. The van der Waals surface area contributed by atoms with E-state index in [0.717, 1.165) is 5.56 Å². The fraction of sp³-hybridized carbons (Fsp3) is 0.235. The Labute approximate surface area is 132 Å². The van der Waals surface area contributed by atoms with Crippen molar-refractivity contribution < 1.29 is 19.2 Å². The highest BCUT2D eigenvalue weighted by molar-refractivity contribution is 6.10. The Hall–Kier alpha value is -2.73. The SMILES string of the molecule is Cc1ccccc1C(=O)c1ccc(OCC2CO2)c([N+](=O)[O-])c1. The van der Waals surface area contributed by atoms with E-state index >= 15 is 0 Å². The Balaban J connectivity index is 1.90. The first-order chi connectivity index (χ1) is 11.1. The third kappa shape index (κ3) is 3.37. The van der Waals surface area contributed by atoms with Gasteiger partial charge in [-0.15, -0.1) is 0 Å². The lowest BCUT2D eigenvalue weighted by atomic mass is 9.99. The molecule has 6 heteroatoms. The number of benzene rings is 2. The predicted molar refractivity (Wildman–Crippen MR) is 82.9 cm³/mol. The van der Waals surface area contributed by atoms with Crippen molar-refractivity contribution in [3.63, 3.8) is 0 Å². The molecule has 2 aromatic carbocycles. The van der Waals surface area contributed by atoms with E-state index in [2.05, 4.69) is 0 Å². The van der Waals surface area contributed by atoms with Gasteiger partial charge >= 0.3 is 5.69 Å². The highest BCUT2D eigenvalue weighted by atomic mass is 16.6. The van der Waals surface area contributed by atoms with E-state index in [-0.39, 0.29) is 35.5 Å². The highest BCUT2D eigenvalue weighted by Gasteiger charge is 2.26. The van der Waals surface area contributed by atoms with Crippen molar-refractivity contribution in [3.05, 3.63) is 69.3 Å². The maximum Gasteiger partial charge on any atom is 0.311 e. The van der Waals surface area contributed by atoms with Crippen molar-refractivity contribution in [3.8, 4) is 5.75 Å². The second kappa shape index (κ2) is 6.18. The van der Waals surface area contributed by atoms with Crippen molar-refractivity contribution in [1.29, 1.82) is 0 Å². The molecule has 1 saturated heterocycles. The molecular weight excluding hydrogens is 298 g/mol. The van der Waals surface area contributed by atoms with Gasteiger partial charge in [-0.2, -0.15) is 0 Å². The Morgan fingerprint density at radius 2 is 2.09 bits per heavy atom. The molecule has 0 aliphatic carbocycles. The number of nitro groups is 1. The van der Waals surface area contributed by atoms with E-state index < -0.39 is 4.92 Å². The van der Waals surface area contributed by atoms with E-state index in [9.17, 15) is 14.9 Å². The van der Waals surface area contributed by atoms with Crippen molar-refractivity contribution in [2.75, 3.05) is 13.2 Å². The van der Waals surface area contributed by atoms with Gasteiger partial charge in [-0.3, -0.25) is 14.9 Å². The lowest BCUT2D eigenvalue weighted by molar-refractivity contribution is -0.385. The average molecular weight is 313 g/mol. The summed E-state index contributed by atoms with van der Waals surface area (Å²) >= 11 is 0. The van der Waals surface area contributed by atoms with Gasteiger partial charge in [0.25, 0.3) is 0 Å². The maximum atomic E-state index is 12.5. The first-order valence-corrected chi connectivity index (χ1v) is 7.19. The van der Waals surface area contributed by atoms with Crippen LogP contribution in [-0.2, 0) is 4.74 Å². The smallest absolute Gasteiger partial charge is 0.311 e. The maximum absolute atomic E-state index is 12.5. The summed E-state index contributed by atoms with van der Waals surface area (Å²) in [6.45, 7) is 2.71. The molecule has 118 valence electrons. The number of nitrogens with zero attached hydrogens (tertiary/aromatic N) is 1. The Morgan fingerprint density at radius 3 is 2.74 bits per heavy atom. The predicted octanol–water partition coefficient (Wildman–Crippen LogP) is 2.91. The largest absolute Gasteiger partial charge is 0.484 e. The van der Waals surface area contributed by atoms with Crippen LogP contribution in [0.25, 0.3) is 0 Å². The van der Waals surface area contributed by atoms with Gasteiger partial charge in [0.15, 0.2) is 11.5 Å². The Kier molecular flexibility index (Phi) is 4.08. The molecule has 1 unspecified atom stereocenters. The zero-order valence-corrected chi connectivity index (χ0v) is 12.5. The van der Waals surface area contributed by atoms with Crippen LogP contribution in [-0.4, -0.2) is 30.0 Å². The summed E-state index contributed by atoms with van der Waals surface area (Å²) in [7, 11) is 0. The summed E-state index contributed by atoms with van der Waals surface area (Å²) < 4.78 is 10.4. The van der Waals surface area contributed by atoms with Crippen LogP contribution in [0.2, 0.25) is 0 Å². The molecule has 0 aromatic heterocycles. The molecular formula is C17H15NO5. The van der Waals surface area contributed by atoms with Gasteiger partial charge in [-0.1, -0.05) is 24.3 Å². The minimum atomic E-state index is -0.544. The highest BCUT2D eigenvalue weighted by Crippen LogP contribution is 2.30. The van der Waals surface area contributed by atoms with Crippen LogP contribution >= 0.6 is 0 Å². The molecule has 1 aliphatic rings. The summed E-state index contributed by atoms with van der Waals surface area (Å²) in [4.78, 5) is 23.2. The van der Waals surface area contributed by atoms with Gasteiger partial charge in [-0.05, 0) is 24.6 Å². The molecule has 6 nitrogen and oxygen atoms in total. The molecule has 2 aromatic rings. The number of hydrogen-bond acceptors (Lipinski definition) is 5. The number of epoxide rings is 1. The van der Waals surface area contributed by atoms with Crippen molar-refractivity contribution in [2.45, 2.75) is 13.0 Å². The van der Waals surface area contributed by atoms with Crippen molar-refractivity contribution in [2.24, 2.45) is 0 Å². The molecule has 23 heavy (non-hydrogen) atoms. The molecule has 1 fully saturated rings. The van der Waals surface area contributed by atoms with Gasteiger partial charge in [0.2, 0.25) is 0 Å². The molecule has 0 radical (unpaired) electrons. The van der Waals surface area contributed by atoms with Crippen LogP contribution < -0.4 is 4.74 Å². The topological polar surface area (TPSA) is 82.0 Å². The minimum Gasteiger partial charge on any atom is -0.484 e. The molecule has 0 amide bonds. The van der Waals surface area contributed by atoms with Gasteiger partial charge in [0.05, 0.1) is 11.5 Å². The minimum absolute atomic E-state index is 0.00267. The second-order valence-electron chi connectivity index (χ2n) is 5.35. The first-order valence-electron chi connectivity index (χ1n) is 7.19. The van der Waals surface area contributed by atoms with Crippen LogP contribution in [0, 0.1) is 17.0 Å². The van der Waals surface area contributed by atoms with Gasteiger partial charge in [0, 0.05) is 17.2 Å². The molecule has 3 rings (SSSR count). The zero-order chi connectivity index (χ0) is 16.4. The summed E-state index contributed by atoms with van der Waals surface area (Å²) in [5.41, 5.74) is 1.40. The van der Waals surface area contributed by atoms with E-state index in [1.54, 1.807) is 18.2 Å². The number of ether oxygens (including phenoxy) is 2. The summed E-state index contributed by atoms with van der Waals surface area (Å²) in [5.74, 6) is -0.102. The molecule has 1 heterocycles. The van der Waals surface area contributed by atoms with E-state index in [1.807, 2.05) is 19.1 Å². The fourth-order valence-electron chi connectivity index (χ4n) is 2.25. The quantitative estimate of drug-likeness (QED) is 0.354. The lowest BCUT2D eigenvalue weighted by Gasteiger charge is -2.08. The number of carbonyl (C=O) groups excluding carboxylic acids is 1. The average Bonchev–Trinajstić information content (AvgIpc) is 3.37. The number of nitro benzene ring substituents is 1. The number of ketones is 1. The van der Waals surface area contributed by atoms with E-state index in [4.69, 9.17) is 9.47 Å². The van der Waals surface area contributed by atoms with Crippen LogP contribution in [0.4, 0.5) is 5.69 Å². The normalized spacial score (nSPS) is 16.0. The summed E-state index contributed by atoms with van der Waals surface area (Å²) in [5, 5.41) is 11.2. The third-order valence-electron chi connectivity index (χ3n) is 3.63. The van der Waals surface area contributed by atoms with Crippen LogP contribution in [0.15, 0.2) is 42.5 Å². The van der Waals surface area contributed by atoms with E-state index in [1.165, 1.54) is 12.1 Å². The summed E-state index contributed by atoms with van der Waals surface area (Å²) in [6, 6.07) is 11.4. The zero-order valence-electron chi connectivity index (χ0n) is 12.5. The van der Waals surface area contributed by atoms with E-state index in [0.29, 0.717) is 12.2 Å². The van der Waals surface area contributed by atoms with Gasteiger partial charge in [0.1, 0.15) is 12.7 Å². The molecule has 1 atom stereocenters. The monoisotopic (exact) mass is 313 g/mol. The summed E-state index contributed by atoms with van der Waals surface area (Å²) in [6.07, 6.45) is 0.00267. The van der Waals surface area contributed by atoms with Gasteiger partial charge < -0.3 is 9.47 Å². The van der Waals surface area contributed by atoms with Crippen molar-refractivity contribution in [1.82, 2.24) is 0 Å². The molecule has 0 N–H and O–H groups in total. The van der Waals surface area contributed by atoms with Crippen LogP contribution in [0.3, 0.4) is 0 Å². The van der Waals surface area contributed by atoms with Crippen molar-refractivity contribution >= 4 is 11.5 Å².